The van der Waals surface area contributed by atoms with Crippen molar-refractivity contribution >= 4 is 9.84 Å². The van der Waals surface area contributed by atoms with Crippen molar-refractivity contribution in [1.29, 1.82) is 0 Å². The lowest BCUT2D eigenvalue weighted by atomic mass is 9.87. The minimum atomic E-state index is -2.94. The number of hydrogen-bond donors (Lipinski definition) is 1. The summed E-state index contributed by atoms with van der Waals surface area (Å²) in [4.78, 5) is 0. The molecule has 4 heteroatoms. The van der Waals surface area contributed by atoms with Gasteiger partial charge in [0.2, 0.25) is 0 Å². The molecule has 106 valence electrons. The number of benzene rings is 1. The van der Waals surface area contributed by atoms with Gasteiger partial charge in [-0.15, -0.1) is 0 Å². The molecule has 1 aliphatic carbocycles. The molecule has 0 unspecified atom stereocenters. The van der Waals surface area contributed by atoms with Gasteiger partial charge in [0.1, 0.15) is 0 Å². The predicted octanol–water partition coefficient (Wildman–Crippen LogP) is 2.09. The van der Waals surface area contributed by atoms with E-state index < -0.39 is 9.84 Å². The summed E-state index contributed by atoms with van der Waals surface area (Å²) in [7, 11) is -2.94. The molecule has 0 fully saturated rings. The Labute approximate surface area is 116 Å². The van der Waals surface area contributed by atoms with Crippen LogP contribution in [0.4, 0.5) is 0 Å². The van der Waals surface area contributed by atoms with Gasteiger partial charge in [-0.2, -0.15) is 0 Å². The predicted molar refractivity (Wildman–Crippen MR) is 79.1 cm³/mol. The normalized spacial score (nSPS) is 19.2. The van der Waals surface area contributed by atoms with Gasteiger partial charge < -0.3 is 5.32 Å². The molecule has 0 aliphatic heterocycles. The molecule has 3 nitrogen and oxygen atoms in total. The Kier molecular flexibility index (Phi) is 4.63. The summed E-state index contributed by atoms with van der Waals surface area (Å²) in [5.74, 6) is 0.151. The van der Waals surface area contributed by atoms with Crippen molar-refractivity contribution in [2.45, 2.75) is 44.4 Å². The molecule has 0 amide bonds. The maximum atomic E-state index is 11.3. The summed E-state index contributed by atoms with van der Waals surface area (Å²) in [6, 6.07) is 6.72. The van der Waals surface area contributed by atoms with Crippen LogP contribution in [0.5, 0.6) is 0 Å². The number of hydrogen-bond acceptors (Lipinski definition) is 3. The van der Waals surface area contributed by atoms with E-state index in [2.05, 4.69) is 24.4 Å². The quantitative estimate of drug-likeness (QED) is 0.899. The molecule has 0 spiro atoms. The fraction of sp³-hybridized carbons (Fsp3) is 0.600. The van der Waals surface area contributed by atoms with Crippen molar-refractivity contribution in [1.82, 2.24) is 5.32 Å². The van der Waals surface area contributed by atoms with Gasteiger partial charge in [-0.3, -0.25) is 0 Å². The highest BCUT2D eigenvalue weighted by Crippen LogP contribution is 2.23. The first-order valence-corrected chi connectivity index (χ1v) is 9.06. The second-order valence-electron chi connectivity index (χ2n) is 5.57. The number of rotatable bonds is 5. The molecule has 0 aromatic heterocycles. The van der Waals surface area contributed by atoms with Gasteiger partial charge >= 0.3 is 0 Å². The average Bonchev–Trinajstić information content (AvgIpc) is 2.34. The summed E-state index contributed by atoms with van der Waals surface area (Å²) < 4.78 is 22.7. The number of nitrogens with one attached hydrogen (secondary N) is 1. The van der Waals surface area contributed by atoms with Gasteiger partial charge in [0.25, 0.3) is 0 Å². The first kappa shape index (κ1) is 14.5. The molecular weight excluding hydrogens is 258 g/mol. The smallest absolute Gasteiger partial charge is 0.151 e. The zero-order chi connectivity index (χ0) is 13.9. The van der Waals surface area contributed by atoms with E-state index in [-0.39, 0.29) is 5.75 Å². The SMILES string of the molecule is CCCN[C@@H]1CCc2cc(CS(C)(=O)=O)ccc2C1. The van der Waals surface area contributed by atoms with Gasteiger partial charge in [0, 0.05) is 12.3 Å². The summed E-state index contributed by atoms with van der Waals surface area (Å²) >= 11 is 0. The van der Waals surface area contributed by atoms with Crippen LogP contribution >= 0.6 is 0 Å². The molecule has 1 atom stereocenters. The highest BCUT2D eigenvalue weighted by Gasteiger charge is 2.18. The lowest BCUT2D eigenvalue weighted by Crippen LogP contribution is -2.35. The molecular formula is C15H23NO2S. The topological polar surface area (TPSA) is 46.2 Å². The van der Waals surface area contributed by atoms with Crippen molar-refractivity contribution in [3.05, 3.63) is 34.9 Å². The van der Waals surface area contributed by atoms with E-state index >= 15 is 0 Å². The van der Waals surface area contributed by atoms with Crippen LogP contribution in [0.2, 0.25) is 0 Å². The van der Waals surface area contributed by atoms with Gasteiger partial charge in [0.15, 0.2) is 9.84 Å². The molecule has 0 saturated heterocycles. The van der Waals surface area contributed by atoms with Crippen molar-refractivity contribution in [3.63, 3.8) is 0 Å². The van der Waals surface area contributed by atoms with Crippen molar-refractivity contribution < 1.29 is 8.42 Å². The van der Waals surface area contributed by atoms with E-state index in [0.717, 1.165) is 37.8 Å². The first-order valence-electron chi connectivity index (χ1n) is 6.99. The van der Waals surface area contributed by atoms with Crippen LogP contribution < -0.4 is 5.32 Å². The van der Waals surface area contributed by atoms with E-state index in [1.54, 1.807) is 0 Å². The second-order valence-corrected chi connectivity index (χ2v) is 7.71. The fourth-order valence-electron chi connectivity index (χ4n) is 2.72. The zero-order valence-electron chi connectivity index (χ0n) is 11.8. The number of aryl methyl sites for hydroxylation is 1. The Morgan fingerprint density at radius 3 is 2.79 bits per heavy atom. The van der Waals surface area contributed by atoms with Crippen molar-refractivity contribution in [2.24, 2.45) is 0 Å². The largest absolute Gasteiger partial charge is 0.314 e. The van der Waals surface area contributed by atoms with Gasteiger partial charge in [-0.1, -0.05) is 25.1 Å². The maximum absolute atomic E-state index is 11.3. The third kappa shape index (κ3) is 4.32. The van der Waals surface area contributed by atoms with Crippen LogP contribution in [-0.2, 0) is 28.4 Å². The number of fused-ring (bicyclic) bond motifs is 1. The Morgan fingerprint density at radius 1 is 1.32 bits per heavy atom. The van der Waals surface area contributed by atoms with Crippen LogP contribution in [-0.4, -0.2) is 27.3 Å². The van der Waals surface area contributed by atoms with E-state index in [9.17, 15) is 8.42 Å². The van der Waals surface area contributed by atoms with Crippen LogP contribution in [0.1, 0.15) is 36.5 Å². The summed E-state index contributed by atoms with van der Waals surface area (Å²) in [5, 5.41) is 3.57. The van der Waals surface area contributed by atoms with Crippen LogP contribution in [0, 0.1) is 0 Å². The average molecular weight is 281 g/mol. The molecule has 1 N–H and O–H groups in total. The van der Waals surface area contributed by atoms with Crippen LogP contribution in [0.25, 0.3) is 0 Å². The van der Waals surface area contributed by atoms with Gasteiger partial charge in [0.05, 0.1) is 5.75 Å². The number of sulfone groups is 1. The Bertz CT molecular complexity index is 537. The van der Waals surface area contributed by atoms with E-state index in [1.807, 2.05) is 6.07 Å². The standard InChI is InChI=1S/C15H23NO2S/c1-3-8-16-15-7-6-13-9-12(11-19(2,17)18)4-5-14(13)10-15/h4-5,9,15-16H,3,6-8,10-11H2,1-2H3/t15-/m1/s1. The molecule has 0 radical (unpaired) electrons. The lowest BCUT2D eigenvalue weighted by molar-refractivity contribution is 0.459. The molecule has 1 aromatic carbocycles. The lowest BCUT2D eigenvalue weighted by Gasteiger charge is -2.26. The molecule has 19 heavy (non-hydrogen) atoms. The fourth-order valence-corrected chi connectivity index (χ4v) is 3.51. The van der Waals surface area contributed by atoms with E-state index in [4.69, 9.17) is 0 Å². The molecule has 0 heterocycles. The maximum Gasteiger partial charge on any atom is 0.151 e. The molecule has 0 saturated carbocycles. The summed E-state index contributed by atoms with van der Waals surface area (Å²) in [5.41, 5.74) is 3.62. The van der Waals surface area contributed by atoms with E-state index in [1.165, 1.54) is 17.4 Å². The first-order chi connectivity index (χ1) is 8.98. The summed E-state index contributed by atoms with van der Waals surface area (Å²) in [6.45, 7) is 3.26. The van der Waals surface area contributed by atoms with Crippen molar-refractivity contribution in [3.8, 4) is 0 Å². The monoisotopic (exact) mass is 281 g/mol. The van der Waals surface area contributed by atoms with Crippen LogP contribution in [0.3, 0.4) is 0 Å². The molecule has 1 aromatic rings. The van der Waals surface area contributed by atoms with E-state index in [0.29, 0.717) is 6.04 Å². The third-order valence-corrected chi connectivity index (χ3v) is 4.47. The molecule has 1 aliphatic rings. The Hall–Kier alpha value is -0.870. The summed E-state index contributed by atoms with van der Waals surface area (Å²) in [6.07, 6.45) is 5.71. The second kappa shape index (κ2) is 6.06. The third-order valence-electron chi connectivity index (χ3n) is 3.61. The Morgan fingerprint density at radius 2 is 2.11 bits per heavy atom. The van der Waals surface area contributed by atoms with Crippen molar-refractivity contribution in [2.75, 3.05) is 12.8 Å². The van der Waals surface area contributed by atoms with Crippen LogP contribution in [0.15, 0.2) is 18.2 Å². The Balaban J connectivity index is 2.07. The molecule has 2 rings (SSSR count). The zero-order valence-corrected chi connectivity index (χ0v) is 12.6. The molecule has 0 bridgehead atoms. The minimum absolute atomic E-state index is 0.151. The minimum Gasteiger partial charge on any atom is -0.314 e. The highest BCUT2D eigenvalue weighted by atomic mass is 32.2. The highest BCUT2D eigenvalue weighted by molar-refractivity contribution is 7.89. The van der Waals surface area contributed by atoms with Gasteiger partial charge in [-0.05, 0) is 48.9 Å². The van der Waals surface area contributed by atoms with Gasteiger partial charge in [-0.25, -0.2) is 8.42 Å².